The number of phenolic OH excluding ortho intramolecular Hbond substituents is 1. The molecule has 582 valence electrons. The van der Waals surface area contributed by atoms with Gasteiger partial charge in [-0.25, -0.2) is 0 Å². The number of phenols is 1. The Labute approximate surface area is 648 Å². The van der Waals surface area contributed by atoms with Gasteiger partial charge in [-0.05, 0) is 232 Å². The first-order valence-electron chi connectivity index (χ1n) is 38.9. The van der Waals surface area contributed by atoms with Crippen LogP contribution in [-0.4, -0.2) is 24.7 Å². The second kappa shape index (κ2) is 28.4. The molecule has 7 nitrogen and oxygen atoms in total. The number of hydrogen-bond donors (Lipinski definition) is 5. The van der Waals surface area contributed by atoms with Gasteiger partial charge in [0, 0.05) is 16.5 Å². The normalized spacial score (nSPS) is 15.0. The number of hydrogen-bond acceptors (Lipinski definition) is 7. The van der Waals surface area contributed by atoms with Crippen molar-refractivity contribution < 1.29 is 33.7 Å². The van der Waals surface area contributed by atoms with Crippen molar-refractivity contribution >= 4 is 17.2 Å². The van der Waals surface area contributed by atoms with Crippen LogP contribution in [0.4, 0.5) is 0 Å². The number of benzene rings is 7. The summed E-state index contributed by atoms with van der Waals surface area (Å²) >= 11 is 0. The first kappa shape index (κ1) is 87.9. The van der Waals surface area contributed by atoms with E-state index >= 15 is 0 Å². The van der Waals surface area contributed by atoms with Gasteiger partial charge in [-0.3, -0.25) is 0 Å². The molecule has 9 heteroatoms. The fraction of sp³-hybridized carbons (Fsp3) is 0.567. The van der Waals surface area contributed by atoms with E-state index in [0.29, 0.717) is 11.5 Å². The topological polar surface area (TPSA) is 120 Å². The van der Waals surface area contributed by atoms with Gasteiger partial charge >= 0.3 is 17.2 Å². The average Bonchev–Trinajstić information content (AvgIpc) is 0.635. The fourth-order valence-corrected chi connectivity index (χ4v) is 18.7. The molecule has 0 bridgehead atoms. The zero-order valence-electron chi connectivity index (χ0n) is 74.0. The maximum Gasteiger partial charge on any atom is 0.391 e. The molecule has 0 radical (unpaired) electrons. The molecule has 7 aromatic carbocycles. The van der Waals surface area contributed by atoms with Crippen molar-refractivity contribution in [3.05, 3.63) is 224 Å². The predicted octanol–water partition coefficient (Wildman–Crippen LogP) is 26.3. The van der Waals surface area contributed by atoms with E-state index in [2.05, 4.69) is 369 Å². The lowest BCUT2D eigenvalue weighted by Gasteiger charge is -2.67. The third-order valence-corrected chi connectivity index (χ3v) is 23.4. The molecule has 0 aliphatic heterocycles. The van der Waals surface area contributed by atoms with Crippen LogP contribution < -0.4 is 9.05 Å². The first-order chi connectivity index (χ1) is 47.4. The SMILES string of the molecule is Cc1cc(C(C)(C)C)c(C(C)(c2cc(C(C)(C)C)c(OP(O)O)cc2C)C(c2c(C(C)(C)C)cc(C)cc2C(C)(C)C)(c2c(C(C)(C)C)cc(C)cc2C(C)(C)C)C(c2cc(C(C)(C)C)c(O)cc2C)(c2cc(C(C)(C)C)c(OP(O)O)cc2C)c2c(C(C)(C)C)cc(C)cc2C(C)(C)C)c(C(C)(C)C)c1. The molecule has 7 aromatic rings. The van der Waals surface area contributed by atoms with E-state index in [1.165, 1.54) is 50.1 Å². The largest absolute Gasteiger partial charge is 0.508 e. The minimum atomic E-state index is -2.92. The summed E-state index contributed by atoms with van der Waals surface area (Å²) < 4.78 is 13.1. The molecule has 0 fully saturated rings. The van der Waals surface area contributed by atoms with E-state index in [9.17, 15) is 24.7 Å². The fourth-order valence-electron chi connectivity index (χ4n) is 18.0. The van der Waals surface area contributed by atoms with Crippen molar-refractivity contribution in [2.75, 3.05) is 0 Å². The number of rotatable bonds is 13. The standard InChI is InChI=1S/C97H142O7P2/c1-56-42-69(87(17,18)19)80(70(43-56)88(20,21)22)95(41,63-53-67(85(11,12)13)78(51-61(63)6)103-105(99)100)97(82-73(91(29,30)31)46-58(3)47-74(82)92(32,33)34,83-75(93(35,36)37)48-59(4)49-76(83)94(38,39)40)96(64-54-66(84(8,9)10)77(98)50-60(64)5,65-55-68(86(14,15)16)79(52-62(65)7)104-106(101)102)81-71(89(23,24)25)44-57(2)45-72(81)90(26,27)28/h42-55,98-102H,1-41H3. The Kier molecular flexibility index (Phi) is 23.6. The Bertz CT molecular complexity index is 4250. The van der Waals surface area contributed by atoms with Gasteiger partial charge in [0.1, 0.15) is 17.2 Å². The first-order valence-corrected chi connectivity index (χ1v) is 41.2. The average molecular weight is 1480 g/mol. The number of aromatic hydroxyl groups is 1. The van der Waals surface area contributed by atoms with Crippen LogP contribution in [0, 0.1) is 48.5 Å². The molecule has 2 atom stereocenters. The summed E-state index contributed by atoms with van der Waals surface area (Å²) in [5, 5.41) is 13.5. The summed E-state index contributed by atoms with van der Waals surface area (Å²) in [7, 11) is -5.82. The highest BCUT2D eigenvalue weighted by Gasteiger charge is 2.72. The minimum Gasteiger partial charge on any atom is -0.508 e. The molecule has 0 aromatic heterocycles. The van der Waals surface area contributed by atoms with Gasteiger partial charge in [0.15, 0.2) is 0 Å². The predicted molar refractivity (Wildman–Crippen MR) is 457 cm³/mol. The molecule has 5 N–H and O–H groups in total. The smallest absolute Gasteiger partial charge is 0.391 e. The Morgan fingerprint density at radius 3 is 0.679 bits per heavy atom. The van der Waals surface area contributed by atoms with E-state index in [1.54, 1.807) is 0 Å². The van der Waals surface area contributed by atoms with E-state index in [-0.39, 0.29) is 5.75 Å². The van der Waals surface area contributed by atoms with Crippen LogP contribution in [0.2, 0.25) is 0 Å². The molecule has 0 saturated carbocycles. The van der Waals surface area contributed by atoms with Crippen molar-refractivity contribution in [1.29, 1.82) is 0 Å². The molecule has 106 heavy (non-hydrogen) atoms. The molecular weight excluding hydrogens is 1340 g/mol. The summed E-state index contributed by atoms with van der Waals surface area (Å²) in [5.74, 6) is 1.01. The summed E-state index contributed by atoms with van der Waals surface area (Å²) in [6.07, 6.45) is 0. The third kappa shape index (κ3) is 16.2. The lowest BCUT2D eigenvalue weighted by Crippen LogP contribution is -2.67. The van der Waals surface area contributed by atoms with Crippen LogP contribution in [0.25, 0.3) is 0 Å². The summed E-state index contributed by atoms with van der Waals surface area (Å²) in [4.78, 5) is 45.8. The van der Waals surface area contributed by atoms with Gasteiger partial charge in [-0.2, -0.15) is 0 Å². The maximum absolute atomic E-state index is 13.5. The number of aryl methyl sites for hydroxylation is 7. The molecular formula is C97H142O7P2. The molecule has 0 saturated heterocycles. The second-order valence-electron chi connectivity index (χ2n) is 43.5. The molecule has 0 aliphatic rings. The monoisotopic (exact) mass is 1480 g/mol. The zero-order valence-corrected chi connectivity index (χ0v) is 75.8. The summed E-state index contributed by atoms with van der Waals surface area (Å²) in [6, 6.07) is 34.0. The molecule has 7 rings (SSSR count). The van der Waals surface area contributed by atoms with Crippen molar-refractivity contribution in [3.63, 3.8) is 0 Å². The Balaban J connectivity index is 2.56. The van der Waals surface area contributed by atoms with Crippen molar-refractivity contribution in [1.82, 2.24) is 0 Å². The Hall–Kier alpha value is -5.36. The van der Waals surface area contributed by atoms with E-state index in [1.807, 2.05) is 0 Å². The maximum atomic E-state index is 13.5. The summed E-state index contributed by atoms with van der Waals surface area (Å²) in [6.45, 7) is 96.7. The van der Waals surface area contributed by atoms with Crippen LogP contribution >= 0.6 is 17.2 Å². The van der Waals surface area contributed by atoms with Gasteiger partial charge in [0.05, 0.1) is 10.8 Å². The van der Waals surface area contributed by atoms with Crippen LogP contribution in [-0.2, 0) is 75.8 Å². The highest BCUT2D eigenvalue weighted by molar-refractivity contribution is 7.40. The van der Waals surface area contributed by atoms with Crippen LogP contribution in [0.5, 0.6) is 17.2 Å². The lowest BCUT2D eigenvalue weighted by molar-refractivity contribution is 0.211. The van der Waals surface area contributed by atoms with E-state index < -0.39 is 93.0 Å². The Morgan fingerprint density at radius 1 is 0.226 bits per heavy atom. The van der Waals surface area contributed by atoms with Gasteiger partial charge in [0.2, 0.25) is 0 Å². The van der Waals surface area contributed by atoms with Gasteiger partial charge in [-0.15, -0.1) is 0 Å². The molecule has 0 spiro atoms. The van der Waals surface area contributed by atoms with Gasteiger partial charge in [0.25, 0.3) is 0 Å². The quantitative estimate of drug-likeness (QED) is 0.0576. The van der Waals surface area contributed by atoms with E-state index in [4.69, 9.17) is 9.05 Å². The Morgan fingerprint density at radius 2 is 0.434 bits per heavy atom. The molecule has 2 unspecified atom stereocenters. The second-order valence-corrected chi connectivity index (χ2v) is 44.9. The summed E-state index contributed by atoms with van der Waals surface area (Å²) in [5.41, 5.74) is 15.0. The van der Waals surface area contributed by atoms with E-state index in [0.717, 1.165) is 89.0 Å². The molecule has 0 aliphatic carbocycles. The zero-order chi connectivity index (χ0) is 81.6. The van der Waals surface area contributed by atoms with Crippen LogP contribution in [0.1, 0.15) is 374 Å². The molecule has 0 heterocycles. The van der Waals surface area contributed by atoms with Crippen molar-refractivity contribution in [3.8, 4) is 17.2 Å². The van der Waals surface area contributed by atoms with Crippen molar-refractivity contribution in [2.45, 2.75) is 360 Å². The van der Waals surface area contributed by atoms with Gasteiger partial charge in [-0.1, -0.05) is 324 Å². The molecule has 0 amide bonds. The highest BCUT2D eigenvalue weighted by atomic mass is 31.2. The minimum absolute atomic E-state index is 0.210. The van der Waals surface area contributed by atoms with Crippen molar-refractivity contribution in [2.24, 2.45) is 0 Å². The highest BCUT2D eigenvalue weighted by Crippen LogP contribution is 2.75. The van der Waals surface area contributed by atoms with Crippen LogP contribution in [0.15, 0.2) is 84.9 Å². The third-order valence-electron chi connectivity index (χ3n) is 22.7. The lowest BCUT2D eigenvalue weighted by atomic mass is 9.33. The van der Waals surface area contributed by atoms with Gasteiger partial charge < -0.3 is 33.7 Å². The van der Waals surface area contributed by atoms with Crippen LogP contribution in [0.3, 0.4) is 0 Å².